The lowest BCUT2D eigenvalue weighted by Gasteiger charge is -2.08. The lowest BCUT2D eigenvalue weighted by molar-refractivity contribution is 0.0699. The third-order valence-corrected chi connectivity index (χ3v) is 3.58. The van der Waals surface area contributed by atoms with Gasteiger partial charge in [0.05, 0.1) is 16.8 Å². The van der Waals surface area contributed by atoms with Crippen molar-refractivity contribution in [3.8, 4) is 11.3 Å². The van der Waals surface area contributed by atoms with Gasteiger partial charge < -0.3 is 5.11 Å². The van der Waals surface area contributed by atoms with Gasteiger partial charge in [-0.25, -0.2) is 9.78 Å². The van der Waals surface area contributed by atoms with Crippen molar-refractivity contribution in [2.24, 2.45) is 0 Å². The van der Waals surface area contributed by atoms with Crippen LogP contribution >= 0.6 is 0 Å². The largest absolute Gasteiger partial charge is 0.478 e. The van der Waals surface area contributed by atoms with Gasteiger partial charge in [-0.05, 0) is 30.2 Å². The van der Waals surface area contributed by atoms with Gasteiger partial charge in [0.2, 0.25) is 0 Å². The van der Waals surface area contributed by atoms with Crippen molar-refractivity contribution in [2.75, 3.05) is 0 Å². The van der Waals surface area contributed by atoms with E-state index in [-0.39, 0.29) is 0 Å². The number of aryl methyl sites for hydroxylation is 1. The molecule has 1 heterocycles. The van der Waals surface area contributed by atoms with Gasteiger partial charge in [0.1, 0.15) is 0 Å². The topological polar surface area (TPSA) is 50.2 Å². The van der Waals surface area contributed by atoms with Crippen molar-refractivity contribution in [1.82, 2.24) is 4.98 Å². The Morgan fingerprint density at radius 1 is 1.10 bits per heavy atom. The minimum atomic E-state index is -0.923. The lowest BCUT2D eigenvalue weighted by Crippen LogP contribution is -2.01. The summed E-state index contributed by atoms with van der Waals surface area (Å²) >= 11 is 0. The first-order chi connectivity index (χ1) is 10.2. The van der Waals surface area contributed by atoms with Crippen LogP contribution in [0.3, 0.4) is 0 Å². The first kappa shape index (κ1) is 13.3. The second-order valence-electron chi connectivity index (χ2n) is 4.93. The van der Waals surface area contributed by atoms with Crippen molar-refractivity contribution >= 4 is 16.9 Å². The Labute approximate surface area is 122 Å². The van der Waals surface area contributed by atoms with E-state index in [4.69, 9.17) is 0 Å². The first-order valence-corrected chi connectivity index (χ1v) is 6.91. The van der Waals surface area contributed by atoms with E-state index >= 15 is 0 Å². The minimum absolute atomic E-state index is 0.300. The molecule has 0 radical (unpaired) electrons. The summed E-state index contributed by atoms with van der Waals surface area (Å²) < 4.78 is 0. The van der Waals surface area contributed by atoms with Crippen LogP contribution < -0.4 is 0 Å². The molecule has 0 saturated heterocycles. The molecule has 0 unspecified atom stereocenters. The fourth-order valence-electron chi connectivity index (χ4n) is 2.43. The van der Waals surface area contributed by atoms with Crippen molar-refractivity contribution in [2.45, 2.75) is 13.3 Å². The van der Waals surface area contributed by atoms with Crippen LogP contribution in [0.4, 0.5) is 0 Å². The molecule has 1 aromatic heterocycles. The SMILES string of the molecule is CCc1ccc2nc(-c3ccccc3)cc(C(=O)O)c2c1. The molecule has 1 N–H and O–H groups in total. The highest BCUT2D eigenvalue weighted by molar-refractivity contribution is 6.03. The number of pyridine rings is 1. The molecular formula is C18H15NO2. The Morgan fingerprint density at radius 3 is 2.52 bits per heavy atom. The number of hydrogen-bond acceptors (Lipinski definition) is 2. The summed E-state index contributed by atoms with van der Waals surface area (Å²) in [6.07, 6.45) is 0.870. The highest BCUT2D eigenvalue weighted by Gasteiger charge is 2.13. The molecule has 0 spiro atoms. The van der Waals surface area contributed by atoms with E-state index < -0.39 is 5.97 Å². The zero-order valence-corrected chi connectivity index (χ0v) is 11.7. The van der Waals surface area contributed by atoms with Crippen LogP contribution in [0, 0.1) is 0 Å². The van der Waals surface area contributed by atoms with Crippen LogP contribution in [-0.2, 0) is 6.42 Å². The molecule has 0 fully saturated rings. The number of carboxylic acid groups (broad SMARTS) is 1. The quantitative estimate of drug-likeness (QED) is 0.782. The highest BCUT2D eigenvalue weighted by Crippen LogP contribution is 2.25. The number of fused-ring (bicyclic) bond motifs is 1. The fourth-order valence-corrected chi connectivity index (χ4v) is 2.43. The summed E-state index contributed by atoms with van der Waals surface area (Å²) in [7, 11) is 0. The van der Waals surface area contributed by atoms with Gasteiger partial charge in [0.25, 0.3) is 0 Å². The van der Waals surface area contributed by atoms with E-state index in [2.05, 4.69) is 4.98 Å². The molecule has 3 nitrogen and oxygen atoms in total. The highest BCUT2D eigenvalue weighted by atomic mass is 16.4. The predicted octanol–water partition coefficient (Wildman–Crippen LogP) is 4.16. The average Bonchev–Trinajstić information content (AvgIpc) is 2.54. The Morgan fingerprint density at radius 2 is 1.86 bits per heavy atom. The summed E-state index contributed by atoms with van der Waals surface area (Å²) in [4.78, 5) is 16.2. The summed E-state index contributed by atoms with van der Waals surface area (Å²) in [5, 5.41) is 10.2. The van der Waals surface area contributed by atoms with E-state index in [9.17, 15) is 9.90 Å². The smallest absolute Gasteiger partial charge is 0.336 e. The van der Waals surface area contributed by atoms with E-state index in [1.54, 1.807) is 6.07 Å². The van der Waals surface area contributed by atoms with Crippen LogP contribution in [-0.4, -0.2) is 16.1 Å². The molecule has 3 aromatic rings. The molecule has 0 aliphatic heterocycles. The van der Waals surface area contributed by atoms with Gasteiger partial charge in [-0.2, -0.15) is 0 Å². The Bertz CT molecular complexity index is 810. The molecular weight excluding hydrogens is 262 g/mol. The number of benzene rings is 2. The maximum Gasteiger partial charge on any atom is 0.336 e. The van der Waals surface area contributed by atoms with E-state index in [0.29, 0.717) is 22.2 Å². The number of carbonyl (C=O) groups is 1. The zero-order valence-electron chi connectivity index (χ0n) is 11.7. The van der Waals surface area contributed by atoms with Crippen LogP contribution in [0.1, 0.15) is 22.8 Å². The number of aromatic nitrogens is 1. The molecule has 2 aromatic carbocycles. The zero-order chi connectivity index (χ0) is 14.8. The molecule has 0 saturated carbocycles. The second kappa shape index (κ2) is 5.37. The van der Waals surface area contributed by atoms with Crippen molar-refractivity contribution in [3.05, 3.63) is 65.7 Å². The minimum Gasteiger partial charge on any atom is -0.478 e. The number of hydrogen-bond donors (Lipinski definition) is 1. The first-order valence-electron chi connectivity index (χ1n) is 6.91. The Hall–Kier alpha value is -2.68. The summed E-state index contributed by atoms with van der Waals surface area (Å²) in [6.45, 7) is 2.05. The van der Waals surface area contributed by atoms with Crippen LogP contribution in [0.5, 0.6) is 0 Å². The van der Waals surface area contributed by atoms with Crippen LogP contribution in [0.15, 0.2) is 54.6 Å². The van der Waals surface area contributed by atoms with Gasteiger partial charge in [0, 0.05) is 10.9 Å². The van der Waals surface area contributed by atoms with Gasteiger partial charge in [0.15, 0.2) is 0 Å². The molecule has 0 atom stereocenters. The van der Waals surface area contributed by atoms with Crippen molar-refractivity contribution in [1.29, 1.82) is 0 Å². The van der Waals surface area contributed by atoms with E-state index in [0.717, 1.165) is 17.5 Å². The third-order valence-electron chi connectivity index (χ3n) is 3.58. The lowest BCUT2D eigenvalue weighted by atomic mass is 10.0. The van der Waals surface area contributed by atoms with Gasteiger partial charge in [-0.3, -0.25) is 0 Å². The van der Waals surface area contributed by atoms with Gasteiger partial charge in [-0.15, -0.1) is 0 Å². The summed E-state index contributed by atoms with van der Waals surface area (Å²) in [5.74, 6) is -0.923. The number of rotatable bonds is 3. The summed E-state index contributed by atoms with van der Waals surface area (Å²) in [6, 6.07) is 17.1. The maximum absolute atomic E-state index is 11.6. The third kappa shape index (κ3) is 2.50. The van der Waals surface area contributed by atoms with Crippen molar-refractivity contribution < 1.29 is 9.90 Å². The predicted molar refractivity (Wildman–Crippen MR) is 83.5 cm³/mol. The molecule has 0 amide bonds. The Balaban J connectivity index is 2.29. The molecule has 3 heteroatoms. The van der Waals surface area contributed by atoms with Gasteiger partial charge in [-0.1, -0.05) is 43.3 Å². The number of nitrogens with zero attached hydrogens (tertiary/aromatic N) is 1. The molecule has 104 valence electrons. The molecule has 0 aliphatic carbocycles. The monoisotopic (exact) mass is 277 g/mol. The maximum atomic E-state index is 11.6. The number of aromatic carboxylic acids is 1. The average molecular weight is 277 g/mol. The standard InChI is InChI=1S/C18H15NO2/c1-2-12-8-9-16-14(10-12)15(18(20)21)11-17(19-16)13-6-4-3-5-7-13/h3-11H,2H2,1H3,(H,20,21). The molecule has 0 bridgehead atoms. The van der Waals surface area contributed by atoms with Gasteiger partial charge >= 0.3 is 5.97 Å². The van der Waals surface area contributed by atoms with E-state index in [1.165, 1.54) is 0 Å². The Kier molecular flexibility index (Phi) is 3.40. The second-order valence-corrected chi connectivity index (χ2v) is 4.93. The molecule has 21 heavy (non-hydrogen) atoms. The van der Waals surface area contributed by atoms with Crippen LogP contribution in [0.2, 0.25) is 0 Å². The van der Waals surface area contributed by atoms with E-state index in [1.807, 2.05) is 55.5 Å². The molecule has 3 rings (SSSR count). The van der Waals surface area contributed by atoms with Crippen molar-refractivity contribution in [3.63, 3.8) is 0 Å². The summed E-state index contributed by atoms with van der Waals surface area (Å²) in [5.41, 5.74) is 3.73. The normalized spacial score (nSPS) is 10.7. The molecule has 0 aliphatic rings. The van der Waals surface area contributed by atoms with Crippen LogP contribution in [0.25, 0.3) is 22.2 Å². The number of carboxylic acids is 1. The fraction of sp³-hybridized carbons (Fsp3) is 0.111.